The highest BCUT2D eigenvalue weighted by molar-refractivity contribution is 6.10. The molecule has 0 aromatic carbocycles. The molecule has 31 valence electrons. The van der Waals surface area contributed by atoms with E-state index in [-0.39, 0.29) is 10.4 Å². The molecule has 0 aliphatic carbocycles. The summed E-state index contributed by atoms with van der Waals surface area (Å²) >= 11 is 1.56. The van der Waals surface area contributed by atoms with E-state index in [9.17, 15) is 0 Å². The molecule has 0 bridgehead atoms. The summed E-state index contributed by atoms with van der Waals surface area (Å²) in [6, 6.07) is 0. The van der Waals surface area contributed by atoms with Crippen molar-refractivity contribution in [2.24, 2.45) is 0 Å². The molecular weight excluding hydrogens is 83.0 g/mol. The summed E-state index contributed by atoms with van der Waals surface area (Å²) in [6.07, 6.45) is 0. The third kappa shape index (κ3) is 131. The van der Waals surface area contributed by atoms with Crippen molar-refractivity contribution in [1.82, 2.24) is 0 Å². The van der Waals surface area contributed by atoms with Crippen molar-refractivity contribution in [1.29, 1.82) is 0 Å². The summed E-state index contributed by atoms with van der Waals surface area (Å²) in [5.41, 5.74) is 0. The molecule has 1 radical (unpaired) electrons. The first kappa shape index (κ1) is 9.07. The van der Waals surface area contributed by atoms with Gasteiger partial charge in [0.2, 0.25) is 16.3 Å². The molecule has 0 aliphatic heterocycles. The first-order chi connectivity index (χ1) is 1.73. The molecule has 1 atom stereocenters. The molecule has 0 fully saturated rings. The molecule has 0 rings (SSSR count). The van der Waals surface area contributed by atoms with Gasteiger partial charge in [0.15, 0.2) is 0 Å². The van der Waals surface area contributed by atoms with Crippen LogP contribution in [-0.4, -0.2) is 31.8 Å². The van der Waals surface area contributed by atoms with E-state index in [1.54, 1.807) is 23.2 Å². The van der Waals surface area contributed by atoms with Crippen molar-refractivity contribution >= 4 is 16.3 Å². The minimum Gasteiger partial charge on any atom is -0.412 e. The van der Waals surface area contributed by atoms with E-state index in [4.69, 9.17) is 5.11 Å². The van der Waals surface area contributed by atoms with Crippen LogP contribution in [-0.2, 0) is 0 Å². The largest absolute Gasteiger partial charge is 0.412 e. The molecular formula is C2H8AlO2. The molecule has 3 N–H and O–H groups in total. The Labute approximate surface area is 39.5 Å². The Morgan fingerprint density at radius 3 is 1.80 bits per heavy atom. The van der Waals surface area contributed by atoms with Gasteiger partial charge in [0.25, 0.3) is 0 Å². The Kier molecular flexibility index (Phi) is 8.08. The van der Waals surface area contributed by atoms with Crippen molar-refractivity contribution in [2.45, 2.75) is 11.9 Å². The number of aliphatic hydroxyl groups excluding tert-OH is 1. The van der Waals surface area contributed by atoms with Crippen LogP contribution in [0.1, 0.15) is 6.92 Å². The fraction of sp³-hybridized carbons (Fsp3) is 1.00. The summed E-state index contributed by atoms with van der Waals surface area (Å²) in [7, 11) is 0. The van der Waals surface area contributed by atoms with Crippen molar-refractivity contribution in [3.05, 3.63) is 0 Å². The maximum Gasteiger partial charge on any atom is 0.221 e. The Hall–Kier alpha value is 0.452. The molecule has 2 nitrogen and oxygen atoms in total. The SMILES string of the molecule is C[CH](O)[AlH].O. The van der Waals surface area contributed by atoms with Gasteiger partial charge < -0.3 is 10.6 Å². The summed E-state index contributed by atoms with van der Waals surface area (Å²) in [5, 5.41) is 8.07. The predicted octanol–water partition coefficient (Wildman–Crippen LogP) is -1.60. The minimum atomic E-state index is -0.139. The van der Waals surface area contributed by atoms with Gasteiger partial charge in [-0.1, -0.05) is 6.92 Å². The second-order valence-electron chi connectivity index (χ2n) is 0.849. The van der Waals surface area contributed by atoms with Gasteiger partial charge in [-0.25, -0.2) is 0 Å². The van der Waals surface area contributed by atoms with Crippen LogP contribution in [0.3, 0.4) is 0 Å². The number of hydrogen-bond acceptors (Lipinski definition) is 1. The van der Waals surface area contributed by atoms with Gasteiger partial charge in [0.05, 0.1) is 0 Å². The van der Waals surface area contributed by atoms with Crippen LogP contribution in [0.2, 0.25) is 0 Å². The van der Waals surface area contributed by atoms with E-state index >= 15 is 0 Å². The lowest BCUT2D eigenvalue weighted by Crippen LogP contribution is -1.94. The van der Waals surface area contributed by atoms with E-state index in [0.717, 1.165) is 0 Å². The van der Waals surface area contributed by atoms with E-state index < -0.39 is 0 Å². The van der Waals surface area contributed by atoms with Crippen LogP contribution in [0.25, 0.3) is 0 Å². The first-order valence-corrected chi connectivity index (χ1v) is 2.06. The zero-order valence-corrected chi connectivity index (χ0v) is 4.65. The summed E-state index contributed by atoms with van der Waals surface area (Å²) in [5.74, 6) is 0. The standard InChI is InChI=1S/C2H5O.Al.H2O.H/c1-2-3;;;/h2-3H,1H3;;1H2;. The van der Waals surface area contributed by atoms with Crippen molar-refractivity contribution < 1.29 is 10.6 Å². The zero-order chi connectivity index (χ0) is 3.58. The first-order valence-electron chi connectivity index (χ1n) is 1.24. The quantitative estimate of drug-likeness (QED) is 0.359. The van der Waals surface area contributed by atoms with Gasteiger partial charge in [-0.15, -0.1) is 0 Å². The van der Waals surface area contributed by atoms with Crippen molar-refractivity contribution in [2.75, 3.05) is 0 Å². The normalized spacial score (nSPS) is 12.4. The lowest BCUT2D eigenvalue weighted by molar-refractivity contribution is 0.276. The molecule has 0 aliphatic rings. The molecule has 0 spiro atoms. The van der Waals surface area contributed by atoms with Gasteiger partial charge in [-0.05, 0) is 4.97 Å². The molecule has 0 aromatic rings. The van der Waals surface area contributed by atoms with Gasteiger partial charge >= 0.3 is 0 Å². The lowest BCUT2D eigenvalue weighted by atomic mass is 10.9. The minimum absolute atomic E-state index is 0. The van der Waals surface area contributed by atoms with Gasteiger partial charge in [-0.3, -0.25) is 0 Å². The molecule has 0 aromatic heterocycles. The van der Waals surface area contributed by atoms with Crippen LogP contribution in [0.4, 0.5) is 0 Å². The monoisotopic (exact) mass is 91.0 g/mol. The highest BCUT2D eigenvalue weighted by atomic mass is 27.0. The molecule has 0 heterocycles. The molecule has 0 amide bonds. The third-order valence-corrected chi connectivity index (χ3v) is 0. The molecule has 0 saturated heterocycles. The van der Waals surface area contributed by atoms with Crippen LogP contribution >= 0.6 is 0 Å². The Balaban J connectivity index is 0. The van der Waals surface area contributed by atoms with Gasteiger partial charge in [0, 0.05) is 0 Å². The fourth-order valence-corrected chi connectivity index (χ4v) is 0. The van der Waals surface area contributed by atoms with Crippen molar-refractivity contribution in [3.8, 4) is 0 Å². The highest BCUT2D eigenvalue weighted by Crippen LogP contribution is 1.56. The topological polar surface area (TPSA) is 51.7 Å². The summed E-state index contributed by atoms with van der Waals surface area (Å²) in [4.78, 5) is -0.139. The number of hydrogen-bond donors (Lipinski definition) is 1. The Morgan fingerprint density at radius 1 is 1.80 bits per heavy atom. The van der Waals surface area contributed by atoms with Crippen LogP contribution in [0.5, 0.6) is 0 Å². The van der Waals surface area contributed by atoms with E-state index in [2.05, 4.69) is 0 Å². The lowest BCUT2D eigenvalue weighted by Gasteiger charge is -1.80. The molecule has 0 saturated carbocycles. The van der Waals surface area contributed by atoms with Crippen LogP contribution in [0.15, 0.2) is 0 Å². The summed E-state index contributed by atoms with van der Waals surface area (Å²) in [6.45, 7) is 1.73. The fourth-order valence-electron chi connectivity index (χ4n) is 0. The van der Waals surface area contributed by atoms with Gasteiger partial charge in [0.1, 0.15) is 0 Å². The van der Waals surface area contributed by atoms with E-state index in [0.29, 0.717) is 0 Å². The van der Waals surface area contributed by atoms with E-state index in [1.165, 1.54) is 0 Å². The van der Waals surface area contributed by atoms with Crippen molar-refractivity contribution in [3.63, 3.8) is 0 Å². The maximum absolute atomic E-state index is 8.07. The number of rotatable bonds is 0. The third-order valence-electron chi connectivity index (χ3n) is 0. The molecule has 3 heteroatoms. The highest BCUT2D eigenvalue weighted by Gasteiger charge is 1.70. The van der Waals surface area contributed by atoms with E-state index in [1.807, 2.05) is 0 Å². The maximum atomic E-state index is 8.07. The average Bonchev–Trinajstić information content (AvgIpc) is 0.811. The number of aliphatic hydroxyl groups is 1. The van der Waals surface area contributed by atoms with Gasteiger partial charge in [-0.2, -0.15) is 0 Å². The average molecular weight is 91.1 g/mol. The summed E-state index contributed by atoms with van der Waals surface area (Å²) < 4.78 is 0. The second kappa shape index (κ2) is 4.45. The molecule has 5 heavy (non-hydrogen) atoms. The zero-order valence-electron chi connectivity index (χ0n) is 3.23. The Bertz CT molecular complexity index is 12.4. The van der Waals surface area contributed by atoms with Crippen LogP contribution in [0, 0.1) is 0 Å². The smallest absolute Gasteiger partial charge is 0.221 e. The molecule has 1 unspecified atom stereocenters. The Morgan fingerprint density at radius 2 is 1.80 bits per heavy atom. The predicted molar refractivity (Wildman–Crippen MR) is 22.4 cm³/mol. The second-order valence-corrected chi connectivity index (χ2v) is 2.03. The van der Waals surface area contributed by atoms with Crippen LogP contribution < -0.4 is 0 Å².